The van der Waals surface area contributed by atoms with Crippen molar-refractivity contribution < 1.29 is 28.9 Å². The van der Waals surface area contributed by atoms with Crippen LogP contribution in [0, 0.1) is 0 Å². The second kappa shape index (κ2) is 9.82. The number of hydrazone groups is 1. The van der Waals surface area contributed by atoms with E-state index in [1.165, 1.54) is 38.5 Å². The lowest BCUT2D eigenvalue weighted by atomic mass is 10.1. The third kappa shape index (κ3) is 5.28. The van der Waals surface area contributed by atoms with E-state index in [1.807, 2.05) is 0 Å². The zero-order valence-electron chi connectivity index (χ0n) is 14.8. The number of halogens is 2. The Hall–Kier alpha value is -2.97. The summed E-state index contributed by atoms with van der Waals surface area (Å²) >= 11 is 11.7. The van der Waals surface area contributed by atoms with Crippen LogP contribution < -0.4 is 24.7 Å². The summed E-state index contributed by atoms with van der Waals surface area (Å²) in [6.45, 7) is -0.363. The van der Waals surface area contributed by atoms with Crippen molar-refractivity contribution in [2.45, 2.75) is 0 Å². The first kappa shape index (κ1) is 21.3. The molecule has 2 rings (SSSR count). The van der Waals surface area contributed by atoms with E-state index in [9.17, 15) is 14.7 Å². The molecular formula is C18H15Cl2N2O6-. The van der Waals surface area contributed by atoms with Gasteiger partial charge in [-0.15, -0.1) is 0 Å². The van der Waals surface area contributed by atoms with Gasteiger partial charge in [-0.1, -0.05) is 23.2 Å². The highest BCUT2D eigenvalue weighted by Gasteiger charge is 2.15. The average Bonchev–Trinajstić information content (AvgIpc) is 2.66. The number of amides is 1. The van der Waals surface area contributed by atoms with Crippen molar-refractivity contribution in [3.05, 3.63) is 51.5 Å². The number of nitrogens with zero attached hydrogens (tertiary/aromatic N) is 1. The minimum absolute atomic E-state index is 0.0153. The fourth-order valence-corrected chi connectivity index (χ4v) is 2.67. The maximum Gasteiger partial charge on any atom is 0.277 e. The number of rotatable bonds is 8. The first-order valence-electron chi connectivity index (χ1n) is 7.73. The normalized spacial score (nSPS) is 10.6. The van der Waals surface area contributed by atoms with Crippen molar-refractivity contribution in [2.24, 2.45) is 5.10 Å². The maximum atomic E-state index is 11.8. The van der Waals surface area contributed by atoms with Gasteiger partial charge in [0.05, 0.1) is 37.0 Å². The maximum absolute atomic E-state index is 11.8. The summed E-state index contributed by atoms with van der Waals surface area (Å²) in [5.74, 6) is -1.58. The first-order chi connectivity index (χ1) is 13.4. The van der Waals surface area contributed by atoms with Crippen LogP contribution in [0.3, 0.4) is 0 Å². The molecule has 28 heavy (non-hydrogen) atoms. The van der Waals surface area contributed by atoms with Crippen molar-refractivity contribution >= 4 is 41.3 Å². The molecule has 0 bridgehead atoms. The molecule has 0 heterocycles. The van der Waals surface area contributed by atoms with E-state index in [4.69, 9.17) is 37.4 Å². The molecule has 148 valence electrons. The molecular weight excluding hydrogens is 411 g/mol. The smallest absolute Gasteiger partial charge is 0.277 e. The Bertz CT molecular complexity index is 917. The molecule has 2 aromatic rings. The van der Waals surface area contributed by atoms with Crippen LogP contribution in [0.25, 0.3) is 0 Å². The Labute approximate surface area is 170 Å². The lowest BCUT2D eigenvalue weighted by Crippen LogP contribution is -2.26. The monoisotopic (exact) mass is 425 g/mol. The van der Waals surface area contributed by atoms with Gasteiger partial charge >= 0.3 is 0 Å². The summed E-state index contributed by atoms with van der Waals surface area (Å²) in [5, 5.41) is 15.9. The van der Waals surface area contributed by atoms with Crippen LogP contribution in [-0.2, 0) is 4.79 Å². The quantitative estimate of drug-likeness (QED) is 0.510. The Morgan fingerprint density at radius 1 is 1.14 bits per heavy atom. The van der Waals surface area contributed by atoms with E-state index in [2.05, 4.69) is 10.5 Å². The Balaban J connectivity index is 2.05. The van der Waals surface area contributed by atoms with Gasteiger partial charge in [-0.2, -0.15) is 5.10 Å². The number of ether oxygens (including phenoxy) is 3. The standard InChI is InChI=1S/C18H16Cl2N2O6/c1-26-14-5-3-10(16(18(24)25)17(14)27-2)8-21-22-15(23)9-28-13-6-4-11(19)7-12(13)20/h3-8H,9H2,1-2H3,(H,22,23)(H,24,25)/p-1/b21-8+. The van der Waals surface area contributed by atoms with Gasteiger partial charge in [-0.25, -0.2) is 5.43 Å². The summed E-state index contributed by atoms with van der Waals surface area (Å²) in [4.78, 5) is 23.3. The van der Waals surface area contributed by atoms with Gasteiger partial charge < -0.3 is 24.1 Å². The number of methoxy groups -OCH3 is 2. The lowest BCUT2D eigenvalue weighted by Gasteiger charge is -2.15. The number of nitrogens with one attached hydrogen (secondary N) is 1. The van der Waals surface area contributed by atoms with Gasteiger partial charge in [-0.05, 0) is 30.3 Å². The SMILES string of the molecule is COc1ccc(/C=N/NC(=O)COc2ccc(Cl)cc2Cl)c(C(=O)[O-])c1OC. The van der Waals surface area contributed by atoms with Crippen LogP contribution >= 0.6 is 23.2 Å². The molecule has 0 unspecified atom stereocenters. The van der Waals surface area contributed by atoms with E-state index in [0.29, 0.717) is 5.02 Å². The van der Waals surface area contributed by atoms with Gasteiger partial charge in [0.1, 0.15) is 5.75 Å². The molecule has 0 spiro atoms. The second-order valence-electron chi connectivity index (χ2n) is 5.21. The largest absolute Gasteiger partial charge is 0.545 e. The molecule has 0 aliphatic carbocycles. The topological polar surface area (TPSA) is 109 Å². The molecule has 0 saturated carbocycles. The fourth-order valence-electron chi connectivity index (χ4n) is 2.20. The van der Waals surface area contributed by atoms with Crippen molar-refractivity contribution in [2.75, 3.05) is 20.8 Å². The third-order valence-corrected chi connectivity index (χ3v) is 3.96. The van der Waals surface area contributed by atoms with Crippen LogP contribution in [0.1, 0.15) is 15.9 Å². The van der Waals surface area contributed by atoms with Crippen molar-refractivity contribution in [3.63, 3.8) is 0 Å². The molecule has 8 nitrogen and oxygen atoms in total. The zero-order chi connectivity index (χ0) is 20.7. The number of carbonyl (C=O) groups is 2. The fraction of sp³-hybridized carbons (Fsp3) is 0.167. The lowest BCUT2D eigenvalue weighted by molar-refractivity contribution is -0.255. The molecule has 0 aliphatic rings. The molecule has 2 aromatic carbocycles. The first-order valence-corrected chi connectivity index (χ1v) is 8.49. The molecule has 1 amide bonds. The molecule has 0 atom stereocenters. The molecule has 0 radical (unpaired) electrons. The summed E-state index contributed by atoms with van der Waals surface area (Å²) in [5.41, 5.74) is 2.11. The molecule has 10 heteroatoms. The highest BCUT2D eigenvalue weighted by atomic mass is 35.5. The van der Waals surface area contributed by atoms with Crippen molar-refractivity contribution in [1.82, 2.24) is 5.43 Å². The molecule has 0 fully saturated rings. The number of carboxylic acid groups (broad SMARTS) is 1. The number of carboxylic acids is 1. The number of carbonyl (C=O) groups excluding carboxylic acids is 2. The molecule has 0 aliphatic heterocycles. The van der Waals surface area contributed by atoms with E-state index in [0.717, 1.165) is 6.21 Å². The predicted molar refractivity (Wildman–Crippen MR) is 102 cm³/mol. The van der Waals surface area contributed by atoms with E-state index >= 15 is 0 Å². The Morgan fingerprint density at radius 2 is 1.86 bits per heavy atom. The van der Waals surface area contributed by atoms with Gasteiger partial charge in [-0.3, -0.25) is 4.79 Å². The van der Waals surface area contributed by atoms with Crippen LogP contribution in [0.4, 0.5) is 0 Å². The van der Waals surface area contributed by atoms with Crippen molar-refractivity contribution in [1.29, 1.82) is 0 Å². The van der Waals surface area contributed by atoms with Gasteiger partial charge in [0.15, 0.2) is 18.1 Å². The van der Waals surface area contributed by atoms with E-state index in [1.54, 1.807) is 6.07 Å². The number of aromatic carboxylic acids is 1. The van der Waals surface area contributed by atoms with Gasteiger partial charge in [0, 0.05) is 10.6 Å². The number of hydrogen-bond acceptors (Lipinski definition) is 7. The molecule has 1 N–H and O–H groups in total. The van der Waals surface area contributed by atoms with Crippen LogP contribution in [0.5, 0.6) is 17.2 Å². The Kier molecular flexibility index (Phi) is 7.48. The minimum atomic E-state index is -1.48. The molecule has 0 aromatic heterocycles. The predicted octanol–water partition coefficient (Wildman–Crippen LogP) is 1.90. The van der Waals surface area contributed by atoms with Crippen LogP contribution in [0.2, 0.25) is 10.0 Å². The van der Waals surface area contributed by atoms with Crippen LogP contribution in [0.15, 0.2) is 35.4 Å². The second-order valence-corrected chi connectivity index (χ2v) is 6.05. The highest BCUT2D eigenvalue weighted by Crippen LogP contribution is 2.32. The number of hydrogen-bond donors (Lipinski definition) is 1. The van der Waals surface area contributed by atoms with Crippen molar-refractivity contribution in [3.8, 4) is 17.2 Å². The van der Waals surface area contributed by atoms with E-state index < -0.39 is 11.9 Å². The highest BCUT2D eigenvalue weighted by molar-refractivity contribution is 6.35. The average molecular weight is 426 g/mol. The minimum Gasteiger partial charge on any atom is -0.545 e. The summed E-state index contributed by atoms with van der Waals surface area (Å²) in [6, 6.07) is 7.51. The van der Waals surface area contributed by atoms with Crippen LogP contribution in [-0.4, -0.2) is 38.9 Å². The van der Waals surface area contributed by atoms with E-state index in [-0.39, 0.29) is 40.0 Å². The third-order valence-electron chi connectivity index (χ3n) is 3.43. The van der Waals surface area contributed by atoms with Gasteiger partial charge in [0.25, 0.3) is 5.91 Å². The zero-order valence-corrected chi connectivity index (χ0v) is 16.3. The van der Waals surface area contributed by atoms with Gasteiger partial charge in [0.2, 0.25) is 0 Å². The summed E-state index contributed by atoms with van der Waals surface area (Å²) in [6.07, 6.45) is 1.14. The Morgan fingerprint density at radius 3 is 2.46 bits per heavy atom. The summed E-state index contributed by atoms with van der Waals surface area (Å²) < 4.78 is 15.4. The summed E-state index contributed by atoms with van der Waals surface area (Å²) in [7, 11) is 2.67. The number of benzene rings is 2. The molecule has 0 saturated heterocycles.